The quantitative estimate of drug-likeness (QED) is 0.434. The van der Waals surface area contributed by atoms with Crippen LogP contribution < -0.4 is 4.57 Å². The molecule has 0 bridgehead atoms. The summed E-state index contributed by atoms with van der Waals surface area (Å²) in [5.41, 5.74) is 3.79. The van der Waals surface area contributed by atoms with Gasteiger partial charge in [0, 0.05) is 6.61 Å². The number of rotatable bonds is 6. The second-order valence-corrected chi connectivity index (χ2v) is 4.44. The zero-order chi connectivity index (χ0) is 13.0. The maximum atomic E-state index is 5.43. The minimum atomic E-state index is 0.752. The summed E-state index contributed by atoms with van der Waals surface area (Å²) in [4.78, 5) is 0. The third kappa shape index (κ3) is 2.62. The van der Waals surface area contributed by atoms with Gasteiger partial charge in [0.25, 0.3) is 0 Å². The van der Waals surface area contributed by atoms with E-state index in [9.17, 15) is 0 Å². The maximum absolute atomic E-state index is 5.43. The zero-order valence-electron chi connectivity index (χ0n) is 11.2. The molecule has 0 saturated carbocycles. The first-order chi connectivity index (χ1) is 8.76. The Morgan fingerprint density at radius 2 is 2.28 bits per heavy atom. The number of aromatic nitrogens is 2. The standard InChI is InChI=1S/C15H21N2O/c1-4-8-16-12-17(9-10-18-5-2)14-7-6-13(3)11-15(14)16/h4,6-7,11-12H,1,5,8-10H2,2-3H3/q+1. The van der Waals surface area contributed by atoms with E-state index >= 15 is 0 Å². The van der Waals surface area contributed by atoms with Crippen LogP contribution in [0.5, 0.6) is 0 Å². The molecule has 0 amide bonds. The first-order valence-electron chi connectivity index (χ1n) is 6.44. The largest absolute Gasteiger partial charge is 0.378 e. The number of allylic oxidation sites excluding steroid dienone is 1. The first-order valence-corrected chi connectivity index (χ1v) is 6.44. The average molecular weight is 245 g/mol. The van der Waals surface area contributed by atoms with Gasteiger partial charge in [0.1, 0.15) is 13.1 Å². The Labute approximate surface area is 108 Å². The van der Waals surface area contributed by atoms with E-state index in [1.807, 2.05) is 13.0 Å². The Morgan fingerprint density at radius 3 is 3.00 bits per heavy atom. The molecule has 1 aromatic heterocycles. The molecule has 0 N–H and O–H groups in total. The number of ether oxygens (including phenoxy) is 1. The molecule has 0 aliphatic carbocycles. The molecule has 2 rings (SSSR count). The summed E-state index contributed by atoms with van der Waals surface area (Å²) in [5, 5.41) is 0. The van der Waals surface area contributed by atoms with Gasteiger partial charge in [-0.25, -0.2) is 9.13 Å². The number of imidazole rings is 1. The Kier molecular flexibility index (Phi) is 4.15. The second kappa shape index (κ2) is 5.83. The van der Waals surface area contributed by atoms with Gasteiger partial charge in [0.2, 0.25) is 6.33 Å². The van der Waals surface area contributed by atoms with E-state index in [-0.39, 0.29) is 0 Å². The molecule has 3 heteroatoms. The molecule has 0 aliphatic rings. The van der Waals surface area contributed by atoms with Gasteiger partial charge in [-0.3, -0.25) is 0 Å². The molecule has 96 valence electrons. The van der Waals surface area contributed by atoms with Crippen LogP contribution in [0.25, 0.3) is 11.0 Å². The predicted molar refractivity (Wildman–Crippen MR) is 73.6 cm³/mol. The molecule has 1 heterocycles. The van der Waals surface area contributed by atoms with Crippen LogP contribution in [0.4, 0.5) is 0 Å². The van der Waals surface area contributed by atoms with Crippen molar-refractivity contribution in [3.63, 3.8) is 0 Å². The summed E-state index contributed by atoms with van der Waals surface area (Å²) in [5.74, 6) is 0. The normalized spacial score (nSPS) is 11.0. The molecule has 0 radical (unpaired) electrons. The fourth-order valence-electron chi connectivity index (χ4n) is 2.17. The van der Waals surface area contributed by atoms with Crippen molar-refractivity contribution in [3.05, 3.63) is 42.7 Å². The maximum Gasteiger partial charge on any atom is 0.245 e. The third-order valence-electron chi connectivity index (χ3n) is 3.03. The van der Waals surface area contributed by atoms with Gasteiger partial charge >= 0.3 is 0 Å². The summed E-state index contributed by atoms with van der Waals surface area (Å²) in [6, 6.07) is 6.55. The van der Waals surface area contributed by atoms with E-state index in [1.54, 1.807) is 0 Å². The minimum absolute atomic E-state index is 0.752. The molecular formula is C15H21N2O+. The van der Waals surface area contributed by atoms with Crippen molar-refractivity contribution in [3.8, 4) is 0 Å². The van der Waals surface area contributed by atoms with E-state index in [4.69, 9.17) is 4.74 Å². The van der Waals surface area contributed by atoms with Crippen LogP contribution in [0.1, 0.15) is 12.5 Å². The predicted octanol–water partition coefficient (Wildman–Crippen LogP) is 2.46. The third-order valence-corrected chi connectivity index (χ3v) is 3.03. The van der Waals surface area contributed by atoms with Gasteiger partial charge in [-0.05, 0) is 31.5 Å². The summed E-state index contributed by atoms with van der Waals surface area (Å²) in [7, 11) is 0. The molecule has 3 nitrogen and oxygen atoms in total. The highest BCUT2D eigenvalue weighted by atomic mass is 16.5. The molecule has 18 heavy (non-hydrogen) atoms. The lowest BCUT2D eigenvalue weighted by Crippen LogP contribution is -2.34. The molecule has 0 fully saturated rings. The Morgan fingerprint density at radius 1 is 1.44 bits per heavy atom. The smallest absolute Gasteiger partial charge is 0.245 e. The molecule has 1 aromatic carbocycles. The minimum Gasteiger partial charge on any atom is -0.378 e. The summed E-state index contributed by atoms with van der Waals surface area (Å²) >= 11 is 0. The summed E-state index contributed by atoms with van der Waals surface area (Å²) < 4.78 is 9.90. The molecule has 0 atom stereocenters. The van der Waals surface area contributed by atoms with E-state index < -0.39 is 0 Å². The molecule has 0 saturated heterocycles. The topological polar surface area (TPSA) is 18.0 Å². The van der Waals surface area contributed by atoms with Crippen molar-refractivity contribution >= 4 is 11.0 Å². The number of benzene rings is 1. The summed E-state index contributed by atoms with van der Waals surface area (Å²) in [6.07, 6.45) is 4.07. The van der Waals surface area contributed by atoms with Crippen LogP contribution in [-0.2, 0) is 17.8 Å². The highest BCUT2D eigenvalue weighted by molar-refractivity contribution is 5.72. The molecular weight excluding hydrogens is 224 g/mol. The van der Waals surface area contributed by atoms with Crippen molar-refractivity contribution in [1.82, 2.24) is 4.57 Å². The second-order valence-electron chi connectivity index (χ2n) is 4.44. The molecule has 0 unspecified atom stereocenters. The Balaban J connectivity index is 2.37. The first kappa shape index (κ1) is 12.8. The van der Waals surface area contributed by atoms with Crippen LogP contribution in [0.3, 0.4) is 0 Å². The van der Waals surface area contributed by atoms with Gasteiger partial charge in [0.05, 0.1) is 6.61 Å². The highest BCUT2D eigenvalue weighted by Gasteiger charge is 2.14. The fourth-order valence-corrected chi connectivity index (χ4v) is 2.17. The number of nitrogens with zero attached hydrogens (tertiary/aromatic N) is 2. The number of fused-ring (bicyclic) bond motifs is 1. The number of hydrogen-bond acceptors (Lipinski definition) is 1. The van der Waals surface area contributed by atoms with Gasteiger partial charge in [-0.2, -0.15) is 0 Å². The van der Waals surface area contributed by atoms with Crippen molar-refractivity contribution in [2.24, 2.45) is 0 Å². The van der Waals surface area contributed by atoms with Gasteiger partial charge < -0.3 is 4.74 Å². The lowest BCUT2D eigenvalue weighted by molar-refractivity contribution is -0.673. The van der Waals surface area contributed by atoms with Gasteiger partial charge in [-0.15, -0.1) is 0 Å². The van der Waals surface area contributed by atoms with Crippen molar-refractivity contribution in [1.29, 1.82) is 0 Å². The SMILES string of the molecule is C=CCn1c[n+](CCOCC)c2ccc(C)cc21. The zero-order valence-corrected chi connectivity index (χ0v) is 11.2. The number of hydrogen-bond donors (Lipinski definition) is 0. The number of aryl methyl sites for hydroxylation is 1. The lowest BCUT2D eigenvalue weighted by Gasteiger charge is -1.98. The van der Waals surface area contributed by atoms with Crippen molar-refractivity contribution in [2.45, 2.75) is 26.9 Å². The molecule has 0 aliphatic heterocycles. The van der Waals surface area contributed by atoms with E-state index in [0.717, 1.165) is 26.3 Å². The van der Waals surface area contributed by atoms with Crippen molar-refractivity contribution in [2.75, 3.05) is 13.2 Å². The van der Waals surface area contributed by atoms with E-state index in [2.05, 4.69) is 47.2 Å². The Bertz CT molecular complexity index is 543. The molecule has 0 spiro atoms. The van der Waals surface area contributed by atoms with Crippen LogP contribution in [0.15, 0.2) is 37.2 Å². The van der Waals surface area contributed by atoms with Crippen LogP contribution >= 0.6 is 0 Å². The van der Waals surface area contributed by atoms with Gasteiger partial charge in [0.15, 0.2) is 11.0 Å². The fraction of sp³-hybridized carbons (Fsp3) is 0.400. The van der Waals surface area contributed by atoms with E-state index in [0.29, 0.717) is 0 Å². The van der Waals surface area contributed by atoms with Crippen LogP contribution in [0.2, 0.25) is 0 Å². The monoisotopic (exact) mass is 245 g/mol. The lowest BCUT2D eigenvalue weighted by atomic mass is 10.2. The van der Waals surface area contributed by atoms with Crippen LogP contribution in [0, 0.1) is 6.92 Å². The molecule has 2 aromatic rings. The highest BCUT2D eigenvalue weighted by Crippen LogP contribution is 2.13. The van der Waals surface area contributed by atoms with E-state index in [1.165, 1.54) is 16.6 Å². The summed E-state index contributed by atoms with van der Waals surface area (Å²) in [6.45, 7) is 11.2. The van der Waals surface area contributed by atoms with Gasteiger partial charge in [-0.1, -0.05) is 18.7 Å². The van der Waals surface area contributed by atoms with Crippen LogP contribution in [-0.4, -0.2) is 17.8 Å². The van der Waals surface area contributed by atoms with Crippen molar-refractivity contribution < 1.29 is 9.30 Å². The average Bonchev–Trinajstić information content (AvgIpc) is 2.68. The Hall–Kier alpha value is -1.61.